The quantitative estimate of drug-likeness (QED) is 0.195. The van der Waals surface area contributed by atoms with Crippen molar-refractivity contribution in [2.45, 2.75) is 78.4 Å². The first kappa shape index (κ1) is 27.3. The lowest BCUT2D eigenvalue weighted by Crippen LogP contribution is -2.32. The highest BCUT2D eigenvalue weighted by Crippen LogP contribution is 2.46. The van der Waals surface area contributed by atoms with Crippen molar-refractivity contribution >= 4 is 33.2 Å². The van der Waals surface area contributed by atoms with E-state index in [1.54, 1.807) is 6.07 Å². The van der Waals surface area contributed by atoms with E-state index in [0.29, 0.717) is 40.3 Å². The van der Waals surface area contributed by atoms with Crippen LogP contribution in [0, 0.1) is 0 Å². The van der Waals surface area contributed by atoms with Crippen LogP contribution in [0.2, 0.25) is 0 Å². The van der Waals surface area contributed by atoms with Gasteiger partial charge in [0.05, 0.1) is 5.56 Å². The van der Waals surface area contributed by atoms with Crippen LogP contribution in [-0.4, -0.2) is 27.3 Å². The topological polar surface area (TPSA) is 78.8 Å². The first-order valence-corrected chi connectivity index (χ1v) is 13.6. The highest BCUT2D eigenvalue weighted by Gasteiger charge is 2.29. The summed E-state index contributed by atoms with van der Waals surface area (Å²) in [5.41, 5.74) is 1.48. The van der Waals surface area contributed by atoms with Gasteiger partial charge in [-0.25, -0.2) is 4.79 Å². The third-order valence-electron chi connectivity index (χ3n) is 8.33. The van der Waals surface area contributed by atoms with Gasteiger partial charge < -0.3 is 20.3 Å². The first-order valence-electron chi connectivity index (χ1n) is 13.6. The smallest absolute Gasteiger partial charge is 0.339 e. The molecule has 38 heavy (non-hydrogen) atoms. The van der Waals surface area contributed by atoms with E-state index >= 15 is 0 Å². The predicted molar refractivity (Wildman–Crippen MR) is 157 cm³/mol. The molecule has 4 aromatic carbocycles. The maximum absolute atomic E-state index is 13.6. The number of hydrogen-bond donors (Lipinski definition) is 3. The lowest BCUT2D eigenvalue weighted by atomic mass is 9.89. The molecule has 0 amide bonds. The van der Waals surface area contributed by atoms with Crippen LogP contribution in [0.1, 0.15) is 77.6 Å². The van der Waals surface area contributed by atoms with Gasteiger partial charge in [0.15, 0.2) is 0 Å². The number of anilines is 1. The van der Waals surface area contributed by atoms with Crippen molar-refractivity contribution in [3.05, 3.63) is 66.2 Å². The lowest BCUT2D eigenvalue weighted by Gasteiger charge is -2.30. The van der Waals surface area contributed by atoms with Crippen molar-refractivity contribution in [3.63, 3.8) is 0 Å². The van der Waals surface area contributed by atoms with Crippen LogP contribution >= 0.6 is 0 Å². The van der Waals surface area contributed by atoms with Crippen LogP contribution in [0.5, 0.6) is 11.5 Å². The van der Waals surface area contributed by atoms with E-state index in [1.165, 1.54) is 6.07 Å². The Morgan fingerprint density at radius 2 is 1.42 bits per heavy atom. The molecule has 5 nitrogen and oxygen atoms in total. The Bertz CT molecular complexity index is 1480. The average Bonchev–Trinajstić information content (AvgIpc) is 2.93. The summed E-state index contributed by atoms with van der Waals surface area (Å²) in [6, 6.07) is 18.6. The molecule has 0 saturated heterocycles. The van der Waals surface area contributed by atoms with Gasteiger partial charge in [-0.2, -0.15) is 0 Å². The molecule has 0 aliphatic heterocycles. The third-order valence-corrected chi connectivity index (χ3v) is 8.33. The van der Waals surface area contributed by atoms with Crippen LogP contribution in [0.25, 0.3) is 32.7 Å². The molecular formula is C33H39NO4. The Labute approximate surface area is 225 Å². The zero-order valence-electron chi connectivity index (χ0n) is 23.3. The summed E-state index contributed by atoms with van der Waals surface area (Å²) in [5.74, 6) is -0.499. The predicted octanol–water partition coefficient (Wildman–Crippen LogP) is 8.80. The minimum atomic E-state index is -0.607. The van der Waals surface area contributed by atoms with Gasteiger partial charge in [0.1, 0.15) is 17.1 Å². The molecule has 0 aromatic heterocycles. The zero-order valence-corrected chi connectivity index (χ0v) is 23.3. The van der Waals surface area contributed by atoms with Gasteiger partial charge in [0.25, 0.3) is 0 Å². The van der Waals surface area contributed by atoms with Gasteiger partial charge in [0, 0.05) is 22.4 Å². The highest BCUT2D eigenvalue weighted by atomic mass is 16.6. The number of fused-ring (bicyclic) bond motifs is 2. The van der Waals surface area contributed by atoms with E-state index in [1.807, 2.05) is 69.3 Å². The molecule has 200 valence electrons. The van der Waals surface area contributed by atoms with Crippen LogP contribution in [0.3, 0.4) is 0 Å². The Balaban J connectivity index is 2.01. The zero-order chi connectivity index (χ0) is 27.7. The van der Waals surface area contributed by atoms with Crippen LogP contribution in [0.15, 0.2) is 60.7 Å². The molecule has 0 saturated carbocycles. The minimum absolute atomic E-state index is 0.0620. The van der Waals surface area contributed by atoms with Crippen molar-refractivity contribution in [1.29, 1.82) is 0 Å². The van der Waals surface area contributed by atoms with Gasteiger partial charge >= 0.3 is 5.97 Å². The standard InChI is InChI=1S/C33H39NO4/c1-7-32(5,8-2)34-22-16-17-24-25(19-22)26(31(37)38-33(6,9-3)10-4)20-28(36)30(24)29-23-14-12-11-13-21(23)15-18-27(29)35/h11-20,34-36H,7-10H2,1-6H3. The SMILES string of the molecule is CCC(C)(CC)Nc1ccc2c(-c3c(O)ccc4ccccc34)c(O)cc(C(=O)OC(C)(CC)CC)c2c1. The third kappa shape index (κ3) is 5.02. The molecule has 0 aliphatic carbocycles. The number of nitrogens with one attached hydrogen (secondary N) is 1. The minimum Gasteiger partial charge on any atom is -0.507 e. The Morgan fingerprint density at radius 1 is 0.763 bits per heavy atom. The summed E-state index contributed by atoms with van der Waals surface area (Å²) >= 11 is 0. The lowest BCUT2D eigenvalue weighted by molar-refractivity contribution is -0.0129. The second-order valence-corrected chi connectivity index (χ2v) is 10.7. The number of phenols is 2. The van der Waals surface area contributed by atoms with Crippen molar-refractivity contribution in [2.75, 3.05) is 5.32 Å². The number of benzene rings is 4. The molecule has 4 rings (SSSR count). The van der Waals surface area contributed by atoms with Crippen LogP contribution < -0.4 is 5.32 Å². The number of aromatic hydroxyl groups is 2. The van der Waals surface area contributed by atoms with Crippen LogP contribution in [0.4, 0.5) is 5.69 Å². The van der Waals surface area contributed by atoms with Crippen molar-refractivity contribution < 1.29 is 19.7 Å². The summed E-state index contributed by atoms with van der Waals surface area (Å²) in [7, 11) is 0. The molecule has 0 heterocycles. The molecule has 5 heteroatoms. The number of rotatable bonds is 9. The molecule has 4 aromatic rings. The fourth-order valence-electron chi connectivity index (χ4n) is 4.89. The Morgan fingerprint density at radius 3 is 2.08 bits per heavy atom. The summed E-state index contributed by atoms with van der Waals surface area (Å²) in [6.45, 7) is 12.4. The van der Waals surface area contributed by atoms with E-state index in [0.717, 1.165) is 29.3 Å². The van der Waals surface area contributed by atoms with Gasteiger partial charge in [-0.1, -0.05) is 64.1 Å². The van der Waals surface area contributed by atoms with Crippen LogP contribution in [-0.2, 0) is 4.74 Å². The number of hydrogen-bond acceptors (Lipinski definition) is 5. The van der Waals surface area contributed by atoms with E-state index in [-0.39, 0.29) is 17.0 Å². The number of phenolic OH excluding ortho intramolecular Hbond substituents is 2. The summed E-state index contributed by atoms with van der Waals surface area (Å²) in [4.78, 5) is 13.6. The summed E-state index contributed by atoms with van der Waals surface area (Å²) < 4.78 is 5.99. The highest BCUT2D eigenvalue weighted by molar-refractivity contribution is 6.15. The Hall–Kier alpha value is -3.73. The molecule has 0 unspecified atom stereocenters. The molecule has 3 N–H and O–H groups in total. The molecular weight excluding hydrogens is 474 g/mol. The normalized spacial score (nSPS) is 12.2. The van der Waals surface area contributed by atoms with Gasteiger partial charge in [-0.3, -0.25) is 0 Å². The number of esters is 1. The number of ether oxygens (including phenoxy) is 1. The average molecular weight is 514 g/mol. The fraction of sp³-hybridized carbons (Fsp3) is 0.364. The largest absolute Gasteiger partial charge is 0.507 e. The molecule has 0 spiro atoms. The van der Waals surface area contributed by atoms with E-state index in [9.17, 15) is 15.0 Å². The van der Waals surface area contributed by atoms with E-state index < -0.39 is 11.6 Å². The Kier molecular flexibility index (Phi) is 7.59. The molecule has 0 atom stereocenters. The molecule has 0 fully saturated rings. The van der Waals surface area contributed by atoms with Gasteiger partial charge in [-0.05, 0) is 85.3 Å². The molecule has 0 aliphatic rings. The number of carbonyl (C=O) groups excluding carboxylic acids is 1. The van der Waals surface area contributed by atoms with E-state index in [4.69, 9.17) is 4.74 Å². The van der Waals surface area contributed by atoms with Crippen molar-refractivity contribution in [3.8, 4) is 22.6 Å². The second kappa shape index (κ2) is 10.6. The van der Waals surface area contributed by atoms with Crippen molar-refractivity contribution in [1.82, 2.24) is 0 Å². The molecule has 0 bridgehead atoms. The summed E-state index contributed by atoms with van der Waals surface area (Å²) in [6.07, 6.45) is 3.23. The fourth-order valence-corrected chi connectivity index (χ4v) is 4.89. The van der Waals surface area contributed by atoms with Gasteiger partial charge in [-0.15, -0.1) is 0 Å². The number of carbonyl (C=O) groups is 1. The molecule has 0 radical (unpaired) electrons. The summed E-state index contributed by atoms with van der Waals surface area (Å²) in [5, 5.41) is 29.1. The van der Waals surface area contributed by atoms with Gasteiger partial charge in [0.2, 0.25) is 0 Å². The maximum atomic E-state index is 13.6. The second-order valence-electron chi connectivity index (χ2n) is 10.7. The van der Waals surface area contributed by atoms with E-state index in [2.05, 4.69) is 26.1 Å². The monoisotopic (exact) mass is 513 g/mol. The van der Waals surface area contributed by atoms with Crippen molar-refractivity contribution in [2.24, 2.45) is 0 Å². The first-order chi connectivity index (χ1) is 18.1. The maximum Gasteiger partial charge on any atom is 0.339 e.